The van der Waals surface area contributed by atoms with Crippen molar-refractivity contribution in [2.24, 2.45) is 20.4 Å². The van der Waals surface area contributed by atoms with Crippen molar-refractivity contribution in [3.63, 3.8) is 0 Å². The lowest BCUT2D eigenvalue weighted by atomic mass is 9.91. The van der Waals surface area contributed by atoms with Crippen molar-refractivity contribution in [3.05, 3.63) is 12.2 Å². The minimum absolute atomic E-state index is 0.235. The van der Waals surface area contributed by atoms with Crippen LogP contribution in [0.5, 0.6) is 0 Å². The first kappa shape index (κ1) is 9.11. The molecule has 1 unspecified atom stereocenters. The summed E-state index contributed by atoms with van der Waals surface area (Å²) in [6, 6.07) is -0.235. The van der Waals surface area contributed by atoms with Gasteiger partial charge in [-0.05, 0) is 12.2 Å². The van der Waals surface area contributed by atoms with Crippen LogP contribution in [0.15, 0.2) is 15.4 Å². The maximum atomic E-state index is 5.69. The number of hydrogen-bond acceptors (Lipinski definition) is 4. The van der Waals surface area contributed by atoms with Crippen molar-refractivity contribution in [2.45, 2.75) is 18.1 Å². The number of allylic oxidation sites excluding steroid dienone is 1. The fourth-order valence-electron chi connectivity index (χ4n) is 0.897. The molecule has 1 aliphatic carbocycles. The van der Waals surface area contributed by atoms with E-state index < -0.39 is 5.66 Å². The molecule has 0 aliphatic heterocycles. The zero-order chi connectivity index (χ0) is 8.48. The standard InChI is InChI=1S/C6H11IN4/c7-11-4-1-2-6(9,10)5(8)3-4/h1-2,5H,3,8-10H2. The van der Waals surface area contributed by atoms with Crippen LogP contribution in [0.3, 0.4) is 0 Å². The number of nitrogens with two attached hydrogens (primary N) is 3. The molecule has 0 saturated carbocycles. The monoisotopic (exact) mass is 266 g/mol. The van der Waals surface area contributed by atoms with E-state index in [0.29, 0.717) is 6.42 Å². The van der Waals surface area contributed by atoms with Gasteiger partial charge in [0.05, 0.1) is 28.5 Å². The van der Waals surface area contributed by atoms with E-state index in [1.54, 1.807) is 6.08 Å². The Hall–Kier alpha value is 0.0200. The molecule has 11 heavy (non-hydrogen) atoms. The zero-order valence-corrected chi connectivity index (χ0v) is 8.15. The van der Waals surface area contributed by atoms with Gasteiger partial charge in [0.15, 0.2) is 0 Å². The zero-order valence-electron chi connectivity index (χ0n) is 6.00. The Kier molecular flexibility index (Phi) is 2.63. The van der Waals surface area contributed by atoms with Gasteiger partial charge in [-0.25, -0.2) is 3.21 Å². The molecule has 0 heterocycles. The summed E-state index contributed by atoms with van der Waals surface area (Å²) in [5.74, 6) is 0. The molecule has 1 rings (SSSR count). The average Bonchev–Trinajstić information content (AvgIpc) is 1.95. The highest BCUT2D eigenvalue weighted by Crippen LogP contribution is 2.13. The molecule has 0 spiro atoms. The number of nitrogens with zero attached hydrogens (tertiary/aromatic N) is 1. The Morgan fingerprint density at radius 1 is 1.64 bits per heavy atom. The van der Waals surface area contributed by atoms with Gasteiger partial charge >= 0.3 is 0 Å². The summed E-state index contributed by atoms with van der Waals surface area (Å²) < 4.78 is 3.97. The van der Waals surface area contributed by atoms with Crippen LogP contribution in [0.2, 0.25) is 0 Å². The minimum atomic E-state index is -0.870. The topological polar surface area (TPSA) is 90.4 Å². The Labute approximate surface area is 79.4 Å². The van der Waals surface area contributed by atoms with Gasteiger partial charge in [0.1, 0.15) is 0 Å². The second kappa shape index (κ2) is 3.18. The van der Waals surface area contributed by atoms with Crippen molar-refractivity contribution in [3.8, 4) is 0 Å². The molecule has 4 nitrogen and oxygen atoms in total. The molecule has 0 amide bonds. The van der Waals surface area contributed by atoms with Crippen LogP contribution in [-0.2, 0) is 0 Å². The van der Waals surface area contributed by atoms with Gasteiger partial charge in [0, 0.05) is 18.2 Å². The molecular formula is C6H11IN4. The van der Waals surface area contributed by atoms with Crippen LogP contribution in [0.4, 0.5) is 0 Å². The molecule has 0 saturated heterocycles. The molecule has 0 fully saturated rings. The summed E-state index contributed by atoms with van der Waals surface area (Å²) in [5, 5.41) is 0. The fraction of sp³-hybridized carbons (Fsp3) is 0.500. The molecule has 0 aromatic heterocycles. The van der Waals surface area contributed by atoms with E-state index >= 15 is 0 Å². The first-order valence-corrected chi connectivity index (χ1v) is 4.23. The largest absolute Gasteiger partial charge is 0.324 e. The molecule has 1 aliphatic rings. The van der Waals surface area contributed by atoms with Gasteiger partial charge in [-0.1, -0.05) is 0 Å². The van der Waals surface area contributed by atoms with Gasteiger partial charge in [0.2, 0.25) is 0 Å². The summed E-state index contributed by atoms with van der Waals surface area (Å²) in [6.07, 6.45) is 4.15. The van der Waals surface area contributed by atoms with Gasteiger partial charge < -0.3 is 17.2 Å². The molecule has 6 N–H and O–H groups in total. The lowest BCUT2D eigenvalue weighted by Gasteiger charge is -2.31. The van der Waals surface area contributed by atoms with E-state index in [1.165, 1.54) is 0 Å². The van der Waals surface area contributed by atoms with Gasteiger partial charge in [-0.3, -0.25) is 0 Å². The van der Waals surface area contributed by atoms with E-state index in [9.17, 15) is 0 Å². The van der Waals surface area contributed by atoms with Crippen LogP contribution in [-0.4, -0.2) is 17.4 Å². The number of rotatable bonds is 0. The SMILES string of the molecule is NC1CC(=NI)C=CC1(N)N. The third-order valence-corrected chi connectivity index (χ3v) is 2.36. The Balaban J connectivity index is 2.83. The maximum absolute atomic E-state index is 5.69. The predicted octanol–water partition coefficient (Wildman–Crippen LogP) is -0.322. The molecule has 62 valence electrons. The third-order valence-electron chi connectivity index (χ3n) is 1.74. The van der Waals surface area contributed by atoms with Crippen LogP contribution in [0.1, 0.15) is 6.42 Å². The Morgan fingerprint density at radius 2 is 2.27 bits per heavy atom. The van der Waals surface area contributed by atoms with E-state index in [4.69, 9.17) is 17.2 Å². The van der Waals surface area contributed by atoms with Crippen molar-refractivity contribution >= 4 is 28.6 Å². The van der Waals surface area contributed by atoms with Crippen LogP contribution in [0.25, 0.3) is 0 Å². The van der Waals surface area contributed by atoms with E-state index in [1.807, 2.05) is 28.9 Å². The second-order valence-corrected chi connectivity index (χ2v) is 3.20. The lowest BCUT2D eigenvalue weighted by Crippen LogP contribution is -2.62. The van der Waals surface area contributed by atoms with Crippen molar-refractivity contribution in [1.29, 1.82) is 0 Å². The predicted molar refractivity (Wildman–Crippen MR) is 54.3 cm³/mol. The number of halogens is 1. The van der Waals surface area contributed by atoms with E-state index in [-0.39, 0.29) is 6.04 Å². The molecule has 0 radical (unpaired) electrons. The average molecular weight is 266 g/mol. The quantitative estimate of drug-likeness (QED) is 0.414. The third kappa shape index (κ3) is 1.98. The molecule has 5 heteroatoms. The van der Waals surface area contributed by atoms with E-state index in [2.05, 4.69) is 3.21 Å². The van der Waals surface area contributed by atoms with Crippen LogP contribution >= 0.6 is 22.9 Å². The summed E-state index contributed by atoms with van der Waals surface area (Å²) in [4.78, 5) is 0. The summed E-state index contributed by atoms with van der Waals surface area (Å²) in [6.45, 7) is 0. The summed E-state index contributed by atoms with van der Waals surface area (Å²) in [5.41, 5.74) is 17.1. The highest BCUT2D eigenvalue weighted by Gasteiger charge is 2.28. The molecule has 0 aromatic rings. The molecule has 0 aromatic carbocycles. The highest BCUT2D eigenvalue weighted by atomic mass is 127. The van der Waals surface area contributed by atoms with Crippen LogP contribution < -0.4 is 17.2 Å². The Morgan fingerprint density at radius 3 is 2.73 bits per heavy atom. The fourth-order valence-corrected chi connectivity index (χ4v) is 1.25. The van der Waals surface area contributed by atoms with E-state index in [0.717, 1.165) is 5.71 Å². The second-order valence-electron chi connectivity index (χ2n) is 2.72. The molecule has 1 atom stereocenters. The van der Waals surface area contributed by atoms with Crippen LogP contribution in [0, 0.1) is 0 Å². The minimum Gasteiger partial charge on any atom is -0.324 e. The first-order valence-electron chi connectivity index (χ1n) is 3.26. The van der Waals surface area contributed by atoms with Gasteiger partial charge in [-0.2, -0.15) is 0 Å². The van der Waals surface area contributed by atoms with Crippen molar-refractivity contribution in [2.75, 3.05) is 0 Å². The molecule has 0 bridgehead atoms. The Bertz CT molecular complexity index is 209. The normalized spacial score (nSPS) is 32.7. The summed E-state index contributed by atoms with van der Waals surface area (Å²) in [7, 11) is 0. The van der Waals surface area contributed by atoms with Crippen molar-refractivity contribution < 1.29 is 0 Å². The van der Waals surface area contributed by atoms with Gasteiger partial charge in [0.25, 0.3) is 0 Å². The molecular weight excluding hydrogens is 255 g/mol. The van der Waals surface area contributed by atoms with Crippen molar-refractivity contribution in [1.82, 2.24) is 0 Å². The lowest BCUT2D eigenvalue weighted by molar-refractivity contribution is 0.437. The number of hydrogen-bond donors (Lipinski definition) is 3. The van der Waals surface area contributed by atoms with Gasteiger partial charge in [-0.15, -0.1) is 0 Å². The summed E-state index contributed by atoms with van der Waals surface area (Å²) >= 11 is 1.93. The maximum Gasteiger partial charge on any atom is 0.0991 e. The smallest absolute Gasteiger partial charge is 0.0991 e. The first-order chi connectivity index (χ1) is 5.06. The highest BCUT2D eigenvalue weighted by molar-refractivity contribution is 14.1.